The number of nitro benzene ring substituents is 2. The number of hydrogen-bond donors (Lipinski definition) is 0. The van der Waals surface area contributed by atoms with E-state index >= 15 is 0 Å². The third-order valence-electron chi connectivity index (χ3n) is 3.05. The van der Waals surface area contributed by atoms with E-state index in [1.54, 1.807) is 0 Å². The van der Waals surface area contributed by atoms with E-state index in [0.29, 0.717) is 0 Å². The Labute approximate surface area is 146 Å². The molecule has 0 aromatic heterocycles. The van der Waals surface area contributed by atoms with Gasteiger partial charge in [-0.15, -0.1) is 0 Å². The van der Waals surface area contributed by atoms with Crippen LogP contribution < -0.4 is 9.47 Å². The average Bonchev–Trinajstić information content (AvgIpc) is 2.60. The normalized spacial score (nSPS) is 10.0. The third-order valence-corrected chi connectivity index (χ3v) is 3.05. The highest BCUT2D eigenvalue weighted by Crippen LogP contribution is 2.21. The Hall–Kier alpha value is -3.82. The Bertz CT molecular complexity index is 793. The monoisotopic (exact) mass is 360 g/mol. The van der Waals surface area contributed by atoms with Crippen LogP contribution in [-0.4, -0.2) is 21.8 Å². The molecule has 10 heteroatoms. The maximum absolute atomic E-state index is 11.7. The molecule has 0 N–H and O–H groups in total. The van der Waals surface area contributed by atoms with Crippen molar-refractivity contribution in [2.75, 3.05) is 0 Å². The molecule has 0 spiro atoms. The maximum atomic E-state index is 11.7. The summed E-state index contributed by atoms with van der Waals surface area (Å²) in [6.45, 7) is 0. The number of hydrogen-bond acceptors (Lipinski definition) is 8. The number of nitrogens with zero attached hydrogens (tertiary/aromatic N) is 2. The molecular formula is C16H12N2O8. The smallest absolute Gasteiger partial charge is 0.311 e. The first-order valence-corrected chi connectivity index (χ1v) is 7.25. The van der Waals surface area contributed by atoms with E-state index in [1.807, 2.05) is 0 Å². The zero-order chi connectivity index (χ0) is 19.1. The van der Waals surface area contributed by atoms with Crippen molar-refractivity contribution >= 4 is 23.3 Å². The van der Waals surface area contributed by atoms with Crippen molar-refractivity contribution in [2.24, 2.45) is 0 Å². The van der Waals surface area contributed by atoms with E-state index < -0.39 is 21.8 Å². The van der Waals surface area contributed by atoms with Gasteiger partial charge < -0.3 is 9.47 Å². The van der Waals surface area contributed by atoms with Crippen LogP contribution in [0.1, 0.15) is 12.8 Å². The highest BCUT2D eigenvalue weighted by Gasteiger charge is 2.14. The summed E-state index contributed by atoms with van der Waals surface area (Å²) in [7, 11) is 0. The molecule has 0 amide bonds. The molecule has 26 heavy (non-hydrogen) atoms. The summed E-state index contributed by atoms with van der Waals surface area (Å²) >= 11 is 0. The lowest BCUT2D eigenvalue weighted by molar-refractivity contribution is -0.385. The zero-order valence-electron chi connectivity index (χ0n) is 13.2. The average molecular weight is 360 g/mol. The van der Waals surface area contributed by atoms with Crippen molar-refractivity contribution in [3.05, 3.63) is 68.8 Å². The van der Waals surface area contributed by atoms with Gasteiger partial charge in [0.05, 0.1) is 34.8 Å². The molecule has 134 valence electrons. The van der Waals surface area contributed by atoms with Crippen molar-refractivity contribution in [3.8, 4) is 11.5 Å². The fraction of sp³-hybridized carbons (Fsp3) is 0.125. The lowest BCUT2D eigenvalue weighted by Gasteiger charge is -2.05. The molecule has 0 saturated heterocycles. The van der Waals surface area contributed by atoms with Gasteiger partial charge in [-0.1, -0.05) is 12.1 Å². The van der Waals surface area contributed by atoms with Gasteiger partial charge in [-0.2, -0.15) is 0 Å². The summed E-state index contributed by atoms with van der Waals surface area (Å²) in [5.74, 6) is -1.59. The molecular weight excluding hydrogens is 348 g/mol. The second kappa shape index (κ2) is 8.33. The van der Waals surface area contributed by atoms with Crippen molar-refractivity contribution in [1.29, 1.82) is 0 Å². The van der Waals surface area contributed by atoms with E-state index in [4.69, 9.17) is 9.47 Å². The lowest BCUT2D eigenvalue weighted by atomic mass is 10.3. The second-order valence-electron chi connectivity index (χ2n) is 4.96. The number of carbonyl (C=O) groups is 2. The molecule has 0 unspecified atom stereocenters. The molecule has 2 aromatic rings. The van der Waals surface area contributed by atoms with Crippen LogP contribution in [0, 0.1) is 20.2 Å². The molecule has 10 nitrogen and oxygen atoms in total. The topological polar surface area (TPSA) is 139 Å². The minimum atomic E-state index is -0.776. The van der Waals surface area contributed by atoms with Crippen molar-refractivity contribution in [1.82, 2.24) is 0 Å². The largest absolute Gasteiger partial charge is 0.426 e. The Kier molecular flexibility index (Phi) is 5.93. The quantitative estimate of drug-likeness (QED) is 0.318. The Morgan fingerprint density at radius 2 is 1.15 bits per heavy atom. The van der Waals surface area contributed by atoms with Gasteiger partial charge in [0.15, 0.2) is 0 Å². The minimum Gasteiger partial charge on any atom is -0.426 e. The first kappa shape index (κ1) is 18.5. The summed E-state index contributed by atoms with van der Waals surface area (Å²) in [4.78, 5) is 43.5. The standard InChI is InChI=1S/C16H12N2O8/c19-15(25-13-5-1-3-11(9-13)17(21)22)7-8-16(20)26-14-6-2-4-12(10-14)18(23)24/h1-6,9-10H,7-8H2. The Balaban J connectivity index is 1.86. The predicted octanol–water partition coefficient (Wildman–Crippen LogP) is 2.79. The van der Waals surface area contributed by atoms with Gasteiger partial charge in [-0.05, 0) is 12.1 Å². The fourth-order valence-corrected chi connectivity index (χ4v) is 1.89. The van der Waals surface area contributed by atoms with E-state index in [1.165, 1.54) is 36.4 Å². The molecule has 0 atom stereocenters. The summed E-state index contributed by atoms with van der Waals surface area (Å²) in [5, 5.41) is 21.3. The molecule has 0 heterocycles. The number of ether oxygens (including phenoxy) is 2. The Morgan fingerprint density at radius 3 is 1.50 bits per heavy atom. The van der Waals surface area contributed by atoms with E-state index in [0.717, 1.165) is 12.1 Å². The summed E-state index contributed by atoms with van der Waals surface area (Å²) in [6.07, 6.45) is -0.646. The van der Waals surface area contributed by atoms with E-state index in [2.05, 4.69) is 0 Å². The first-order valence-electron chi connectivity index (χ1n) is 7.25. The van der Waals surface area contributed by atoms with Crippen molar-refractivity contribution in [3.63, 3.8) is 0 Å². The van der Waals surface area contributed by atoms with E-state index in [9.17, 15) is 29.8 Å². The molecule has 2 rings (SSSR count). The third kappa shape index (κ3) is 5.37. The van der Waals surface area contributed by atoms with Crippen LogP contribution in [0.3, 0.4) is 0 Å². The van der Waals surface area contributed by atoms with Gasteiger partial charge in [-0.3, -0.25) is 29.8 Å². The number of carbonyl (C=O) groups excluding carboxylic acids is 2. The van der Waals surface area contributed by atoms with Gasteiger partial charge in [-0.25, -0.2) is 0 Å². The predicted molar refractivity (Wildman–Crippen MR) is 86.7 cm³/mol. The van der Waals surface area contributed by atoms with Crippen LogP contribution >= 0.6 is 0 Å². The van der Waals surface area contributed by atoms with Crippen LogP contribution in [0.15, 0.2) is 48.5 Å². The van der Waals surface area contributed by atoms with Crippen LogP contribution in [0.4, 0.5) is 11.4 Å². The number of nitro groups is 2. The molecule has 0 saturated carbocycles. The molecule has 2 aromatic carbocycles. The molecule has 0 radical (unpaired) electrons. The highest BCUT2D eigenvalue weighted by molar-refractivity contribution is 5.80. The van der Waals surface area contributed by atoms with Gasteiger partial charge in [0.2, 0.25) is 0 Å². The zero-order valence-corrected chi connectivity index (χ0v) is 13.2. The minimum absolute atomic E-state index is 0.0174. The van der Waals surface area contributed by atoms with Gasteiger partial charge >= 0.3 is 11.9 Å². The molecule has 0 aliphatic rings. The first-order chi connectivity index (χ1) is 12.3. The van der Waals surface area contributed by atoms with Crippen LogP contribution in [0.2, 0.25) is 0 Å². The summed E-state index contributed by atoms with van der Waals surface area (Å²) in [5.41, 5.74) is -0.472. The number of non-ortho nitro benzene ring substituents is 2. The summed E-state index contributed by atoms with van der Waals surface area (Å²) < 4.78 is 9.83. The van der Waals surface area contributed by atoms with Gasteiger partial charge in [0.25, 0.3) is 11.4 Å². The fourth-order valence-electron chi connectivity index (χ4n) is 1.89. The Morgan fingerprint density at radius 1 is 0.769 bits per heavy atom. The number of esters is 2. The summed E-state index contributed by atoms with van der Waals surface area (Å²) in [6, 6.07) is 10.1. The SMILES string of the molecule is O=C(CCC(=O)Oc1cccc([N+](=O)[O-])c1)Oc1cccc([N+](=O)[O-])c1. The maximum Gasteiger partial charge on any atom is 0.311 e. The molecule has 0 aliphatic carbocycles. The number of benzene rings is 2. The van der Waals surface area contributed by atoms with Crippen molar-refractivity contribution < 1.29 is 28.9 Å². The van der Waals surface area contributed by atoms with Crippen molar-refractivity contribution in [2.45, 2.75) is 12.8 Å². The molecule has 0 fully saturated rings. The molecule has 0 aliphatic heterocycles. The van der Waals surface area contributed by atoms with Crippen LogP contribution in [0.25, 0.3) is 0 Å². The van der Waals surface area contributed by atoms with E-state index in [-0.39, 0.29) is 35.7 Å². The number of rotatable bonds is 7. The highest BCUT2D eigenvalue weighted by atomic mass is 16.6. The van der Waals surface area contributed by atoms with Gasteiger partial charge in [0.1, 0.15) is 11.5 Å². The molecule has 0 bridgehead atoms. The lowest BCUT2D eigenvalue weighted by Crippen LogP contribution is -2.14. The van der Waals surface area contributed by atoms with Gasteiger partial charge in [0, 0.05) is 12.1 Å². The van der Waals surface area contributed by atoms with Crippen LogP contribution in [-0.2, 0) is 9.59 Å². The van der Waals surface area contributed by atoms with Crippen LogP contribution in [0.5, 0.6) is 11.5 Å². The second-order valence-corrected chi connectivity index (χ2v) is 4.96.